The van der Waals surface area contributed by atoms with Crippen LogP contribution in [0.2, 0.25) is 0 Å². The van der Waals surface area contributed by atoms with Crippen LogP contribution in [-0.4, -0.2) is 53.7 Å². The van der Waals surface area contributed by atoms with Crippen molar-refractivity contribution in [2.45, 2.75) is 44.6 Å². The van der Waals surface area contributed by atoms with E-state index in [-0.39, 0.29) is 37.3 Å². The maximum Gasteiger partial charge on any atom is 0.407 e. The number of ether oxygens (including phenoxy) is 1. The fourth-order valence-corrected chi connectivity index (χ4v) is 6.11. The molecule has 5 rings (SSSR count). The molecule has 1 unspecified atom stereocenters. The molecule has 1 saturated heterocycles. The van der Waals surface area contributed by atoms with Crippen molar-refractivity contribution in [2.75, 3.05) is 19.7 Å². The zero-order valence-electron chi connectivity index (χ0n) is 19.3. The Morgan fingerprint density at radius 1 is 1.12 bits per heavy atom. The van der Waals surface area contributed by atoms with E-state index >= 15 is 0 Å². The van der Waals surface area contributed by atoms with Crippen LogP contribution < -0.4 is 5.32 Å². The predicted octanol–water partition coefficient (Wildman–Crippen LogP) is 4.02. The van der Waals surface area contributed by atoms with Crippen LogP contribution in [0.3, 0.4) is 0 Å². The number of likely N-dealkylation sites (tertiary alicyclic amines) is 1. The molecule has 34 heavy (non-hydrogen) atoms. The molecular weight excluding hydrogens is 432 g/mol. The molecule has 1 heterocycles. The summed E-state index contributed by atoms with van der Waals surface area (Å²) in [7, 11) is 0. The number of carbonyl (C=O) groups excluding carboxylic acids is 2. The average Bonchev–Trinajstić information content (AvgIpc) is 3.47. The summed E-state index contributed by atoms with van der Waals surface area (Å²) in [6.07, 6.45) is 1.95. The molecule has 2 aromatic rings. The number of nitrogens with zero attached hydrogens (tertiary/aromatic N) is 1. The minimum absolute atomic E-state index is 0.0219. The van der Waals surface area contributed by atoms with Gasteiger partial charge < -0.3 is 20.1 Å². The molecule has 3 atom stereocenters. The molecule has 1 aliphatic heterocycles. The molecule has 1 saturated carbocycles. The van der Waals surface area contributed by atoms with Crippen LogP contribution in [0.5, 0.6) is 0 Å². The summed E-state index contributed by atoms with van der Waals surface area (Å²) in [5, 5.41) is 12.5. The van der Waals surface area contributed by atoms with E-state index in [0.717, 1.165) is 24.0 Å². The van der Waals surface area contributed by atoms with Gasteiger partial charge in [0.25, 0.3) is 0 Å². The van der Waals surface area contributed by atoms with Gasteiger partial charge >= 0.3 is 12.1 Å². The molecule has 0 spiro atoms. The average molecular weight is 463 g/mol. The van der Waals surface area contributed by atoms with Crippen molar-refractivity contribution in [1.82, 2.24) is 10.2 Å². The summed E-state index contributed by atoms with van der Waals surface area (Å²) in [5.41, 5.74) is 3.83. The summed E-state index contributed by atoms with van der Waals surface area (Å²) in [4.78, 5) is 38.8. The second-order valence-electron chi connectivity index (χ2n) is 9.90. The molecule has 2 aliphatic carbocycles. The maximum absolute atomic E-state index is 12.8. The molecule has 7 nitrogen and oxygen atoms in total. The monoisotopic (exact) mass is 462 g/mol. The van der Waals surface area contributed by atoms with Gasteiger partial charge in [-0.3, -0.25) is 9.59 Å². The van der Waals surface area contributed by atoms with E-state index in [4.69, 9.17) is 4.74 Å². The summed E-state index contributed by atoms with van der Waals surface area (Å²) in [6.45, 7) is 2.74. The van der Waals surface area contributed by atoms with Crippen LogP contribution in [-0.2, 0) is 14.3 Å². The Hall–Kier alpha value is -3.35. The van der Waals surface area contributed by atoms with Crippen molar-refractivity contribution >= 4 is 18.0 Å². The molecule has 2 fully saturated rings. The smallest absolute Gasteiger partial charge is 0.407 e. The van der Waals surface area contributed by atoms with Crippen molar-refractivity contribution in [1.29, 1.82) is 0 Å². The SMILES string of the molecule is CC(CC(=O)N1C[C@@H]2CCC[C@]2(C(=O)O)C1)NC(=O)OCC1c2ccccc2-c2ccccc21. The molecule has 2 aromatic carbocycles. The Kier molecular flexibility index (Phi) is 5.80. The normalized spacial score (nSPS) is 23.7. The third kappa shape index (κ3) is 3.83. The topological polar surface area (TPSA) is 95.9 Å². The van der Waals surface area contributed by atoms with Crippen molar-refractivity contribution in [3.05, 3.63) is 59.7 Å². The van der Waals surface area contributed by atoms with Crippen molar-refractivity contribution < 1.29 is 24.2 Å². The minimum atomic E-state index is -0.796. The number of carbonyl (C=O) groups is 3. The number of nitrogens with one attached hydrogen (secondary N) is 1. The maximum atomic E-state index is 12.8. The molecule has 7 heteroatoms. The van der Waals surface area contributed by atoms with Crippen LogP contribution >= 0.6 is 0 Å². The van der Waals surface area contributed by atoms with Crippen LogP contribution in [0.4, 0.5) is 4.79 Å². The van der Waals surface area contributed by atoms with E-state index in [1.807, 2.05) is 24.3 Å². The van der Waals surface area contributed by atoms with Crippen molar-refractivity contribution in [2.24, 2.45) is 11.3 Å². The molecule has 178 valence electrons. The van der Waals surface area contributed by atoms with Crippen LogP contribution in [0.1, 0.15) is 49.7 Å². The number of hydrogen-bond acceptors (Lipinski definition) is 4. The van der Waals surface area contributed by atoms with Gasteiger partial charge in [0.15, 0.2) is 0 Å². The van der Waals surface area contributed by atoms with E-state index < -0.39 is 23.5 Å². The highest BCUT2D eigenvalue weighted by atomic mass is 16.5. The Bertz CT molecular complexity index is 1090. The molecule has 3 aliphatic rings. The summed E-state index contributed by atoms with van der Waals surface area (Å²) in [5.74, 6) is -0.915. The third-order valence-corrected chi connectivity index (χ3v) is 7.84. The molecular formula is C27H30N2O5. The van der Waals surface area contributed by atoms with Gasteiger partial charge in [0.1, 0.15) is 6.61 Å². The number of carboxylic acid groups (broad SMARTS) is 1. The highest BCUT2D eigenvalue weighted by Crippen LogP contribution is 2.49. The lowest BCUT2D eigenvalue weighted by Crippen LogP contribution is -2.41. The van der Waals surface area contributed by atoms with Crippen molar-refractivity contribution in [3.8, 4) is 11.1 Å². The lowest BCUT2D eigenvalue weighted by Gasteiger charge is -2.24. The second kappa shape index (κ2) is 8.78. The van der Waals surface area contributed by atoms with Gasteiger partial charge in [0.05, 0.1) is 5.41 Å². The fourth-order valence-electron chi connectivity index (χ4n) is 6.11. The number of benzene rings is 2. The Labute approximate surface area is 199 Å². The van der Waals surface area contributed by atoms with Gasteiger partial charge in [-0.1, -0.05) is 55.0 Å². The summed E-state index contributed by atoms with van der Waals surface area (Å²) >= 11 is 0. The quantitative estimate of drug-likeness (QED) is 0.676. The van der Waals surface area contributed by atoms with Gasteiger partial charge in [-0.2, -0.15) is 0 Å². The number of alkyl carbamates (subject to hydrolysis) is 1. The van der Waals surface area contributed by atoms with Crippen LogP contribution in [0.15, 0.2) is 48.5 Å². The molecule has 2 N–H and O–H groups in total. The van der Waals surface area contributed by atoms with Crippen molar-refractivity contribution in [3.63, 3.8) is 0 Å². The third-order valence-electron chi connectivity index (χ3n) is 7.84. The first-order valence-electron chi connectivity index (χ1n) is 12.0. The molecule has 0 aromatic heterocycles. The number of hydrogen-bond donors (Lipinski definition) is 2. The zero-order chi connectivity index (χ0) is 23.9. The first-order chi connectivity index (χ1) is 16.4. The number of fused-ring (bicyclic) bond motifs is 4. The number of aliphatic carboxylic acids is 1. The fraction of sp³-hybridized carbons (Fsp3) is 0.444. The van der Waals surface area contributed by atoms with Gasteiger partial charge in [0.2, 0.25) is 5.91 Å². The lowest BCUT2D eigenvalue weighted by molar-refractivity contribution is -0.149. The van der Waals surface area contributed by atoms with Gasteiger partial charge in [0, 0.05) is 31.5 Å². The first kappa shape index (κ1) is 22.4. The summed E-state index contributed by atoms with van der Waals surface area (Å²) < 4.78 is 5.57. The Balaban J connectivity index is 1.15. The van der Waals surface area contributed by atoms with E-state index in [9.17, 15) is 19.5 Å². The predicted molar refractivity (Wildman–Crippen MR) is 126 cm³/mol. The number of rotatable bonds is 6. The minimum Gasteiger partial charge on any atom is -0.481 e. The van der Waals surface area contributed by atoms with Gasteiger partial charge in [-0.05, 0) is 47.9 Å². The summed E-state index contributed by atoms with van der Waals surface area (Å²) in [6, 6.07) is 15.9. The molecule has 2 amide bonds. The second-order valence-corrected chi connectivity index (χ2v) is 9.90. The van der Waals surface area contributed by atoms with E-state index in [1.165, 1.54) is 11.1 Å². The van der Waals surface area contributed by atoms with E-state index in [0.29, 0.717) is 13.0 Å². The highest BCUT2D eigenvalue weighted by molar-refractivity contribution is 5.82. The number of carboxylic acids is 1. The van der Waals surface area contributed by atoms with Gasteiger partial charge in [-0.25, -0.2) is 4.79 Å². The first-order valence-corrected chi connectivity index (χ1v) is 12.0. The molecule has 0 radical (unpaired) electrons. The lowest BCUT2D eigenvalue weighted by atomic mass is 9.81. The van der Waals surface area contributed by atoms with Gasteiger partial charge in [-0.15, -0.1) is 0 Å². The Morgan fingerprint density at radius 2 is 1.76 bits per heavy atom. The number of amides is 2. The van der Waals surface area contributed by atoms with E-state index in [1.54, 1.807) is 11.8 Å². The zero-order valence-corrected chi connectivity index (χ0v) is 19.3. The molecule has 0 bridgehead atoms. The van der Waals surface area contributed by atoms with Crippen LogP contribution in [0.25, 0.3) is 11.1 Å². The Morgan fingerprint density at radius 3 is 2.38 bits per heavy atom. The van der Waals surface area contributed by atoms with Crippen LogP contribution in [0, 0.1) is 11.3 Å². The highest BCUT2D eigenvalue weighted by Gasteiger charge is 2.55. The van der Waals surface area contributed by atoms with E-state index in [2.05, 4.69) is 29.6 Å². The largest absolute Gasteiger partial charge is 0.481 e. The standard InChI is InChI=1S/C27H30N2O5/c1-17(13-24(30)29-14-18-7-6-12-27(18,16-29)25(31)32)28-26(33)34-15-23-21-10-4-2-8-19(21)20-9-3-5-11-22(20)23/h2-5,8-11,17-18,23H,6-7,12-16H2,1H3,(H,28,33)(H,31,32)/t17?,18-,27-/m0/s1.